The minimum atomic E-state index is -0.793. The van der Waals surface area contributed by atoms with Crippen molar-refractivity contribution in [3.8, 4) is 11.3 Å². The molecule has 0 aliphatic carbocycles. The molecule has 2 rings (SSSR count). The zero-order valence-electron chi connectivity index (χ0n) is 9.09. The number of carboxylic acids is 1. The largest absolute Gasteiger partial charge is 0.481 e. The monoisotopic (exact) mass is 232 g/mol. The topological polar surface area (TPSA) is 89.3 Å². The number of benzene rings is 1. The van der Waals surface area contributed by atoms with Crippen LogP contribution in [0.5, 0.6) is 0 Å². The highest BCUT2D eigenvalue weighted by molar-refractivity contribution is 5.67. The highest BCUT2D eigenvalue weighted by atomic mass is 16.4. The molecule has 3 N–H and O–H groups in total. The second kappa shape index (κ2) is 4.69. The van der Waals surface area contributed by atoms with Crippen molar-refractivity contribution in [2.45, 2.75) is 12.8 Å². The van der Waals surface area contributed by atoms with E-state index in [4.69, 9.17) is 15.3 Å². The van der Waals surface area contributed by atoms with Gasteiger partial charge in [-0.1, -0.05) is 24.3 Å². The Morgan fingerprint density at radius 3 is 2.59 bits per heavy atom. The molecular weight excluding hydrogens is 220 g/mol. The van der Waals surface area contributed by atoms with E-state index in [2.05, 4.69) is 4.98 Å². The van der Waals surface area contributed by atoms with Crippen LogP contribution in [0.15, 0.2) is 34.9 Å². The van der Waals surface area contributed by atoms with Crippen molar-refractivity contribution in [3.05, 3.63) is 36.1 Å². The minimum absolute atomic E-state index is 0.134. The van der Waals surface area contributed by atoms with Gasteiger partial charge in [-0.05, 0) is 12.0 Å². The molecule has 0 amide bonds. The van der Waals surface area contributed by atoms with E-state index < -0.39 is 5.97 Å². The summed E-state index contributed by atoms with van der Waals surface area (Å²) in [5.74, 6) is -0.793. The smallest absolute Gasteiger partial charge is 0.303 e. The number of nitrogen functional groups attached to an aromatic ring is 1. The Balaban J connectivity index is 2.10. The van der Waals surface area contributed by atoms with Crippen LogP contribution in [-0.4, -0.2) is 16.1 Å². The number of carboxylic acid groups (broad SMARTS) is 1. The summed E-state index contributed by atoms with van der Waals surface area (Å²) in [5, 5.41) is 8.57. The molecular formula is C12H12N2O3. The highest BCUT2D eigenvalue weighted by Crippen LogP contribution is 2.20. The van der Waals surface area contributed by atoms with Crippen LogP contribution in [0.1, 0.15) is 12.0 Å². The van der Waals surface area contributed by atoms with Crippen molar-refractivity contribution >= 4 is 12.0 Å². The Hall–Kier alpha value is -2.30. The van der Waals surface area contributed by atoms with Gasteiger partial charge >= 0.3 is 5.97 Å². The SMILES string of the molecule is Nc1nc(-c2ccc(CCC(=O)O)cc2)co1. The van der Waals surface area contributed by atoms with Gasteiger partial charge < -0.3 is 15.3 Å². The third-order valence-corrected chi connectivity index (χ3v) is 2.40. The second-order valence-corrected chi connectivity index (χ2v) is 3.66. The first-order chi connectivity index (χ1) is 8.15. The van der Waals surface area contributed by atoms with E-state index in [9.17, 15) is 4.79 Å². The van der Waals surface area contributed by atoms with E-state index in [1.54, 1.807) is 0 Å². The molecule has 17 heavy (non-hydrogen) atoms. The molecule has 0 radical (unpaired) electrons. The summed E-state index contributed by atoms with van der Waals surface area (Å²) in [6, 6.07) is 7.63. The lowest BCUT2D eigenvalue weighted by Gasteiger charge is -2.00. The molecule has 0 spiro atoms. The highest BCUT2D eigenvalue weighted by Gasteiger charge is 2.04. The maximum absolute atomic E-state index is 10.4. The van der Waals surface area contributed by atoms with Gasteiger partial charge in [-0.3, -0.25) is 4.79 Å². The number of rotatable bonds is 4. The lowest BCUT2D eigenvalue weighted by atomic mass is 10.1. The Kier molecular flexibility index (Phi) is 3.09. The number of aromatic nitrogens is 1. The van der Waals surface area contributed by atoms with Crippen LogP contribution in [0.4, 0.5) is 6.01 Å². The normalized spacial score (nSPS) is 10.4. The van der Waals surface area contributed by atoms with Gasteiger partial charge in [0.1, 0.15) is 12.0 Å². The van der Waals surface area contributed by atoms with E-state index in [0.717, 1.165) is 11.1 Å². The van der Waals surface area contributed by atoms with Crippen molar-refractivity contribution < 1.29 is 14.3 Å². The molecule has 1 aromatic heterocycles. The molecule has 1 heterocycles. The standard InChI is InChI=1S/C12H12N2O3/c13-12-14-10(7-17-12)9-4-1-8(2-5-9)3-6-11(15)16/h1-2,4-5,7H,3,6H2,(H2,13,14)(H,15,16). The average Bonchev–Trinajstić information content (AvgIpc) is 2.74. The van der Waals surface area contributed by atoms with Gasteiger partial charge in [-0.25, -0.2) is 0 Å². The van der Waals surface area contributed by atoms with Gasteiger partial charge in [0, 0.05) is 12.0 Å². The summed E-state index contributed by atoms with van der Waals surface area (Å²) >= 11 is 0. The van der Waals surface area contributed by atoms with Crippen molar-refractivity contribution in [1.82, 2.24) is 4.98 Å². The quantitative estimate of drug-likeness (QED) is 0.840. The number of nitrogens with two attached hydrogens (primary N) is 1. The van der Waals surface area contributed by atoms with Gasteiger partial charge in [0.25, 0.3) is 6.01 Å². The average molecular weight is 232 g/mol. The van der Waals surface area contributed by atoms with Crippen LogP contribution in [-0.2, 0) is 11.2 Å². The fraction of sp³-hybridized carbons (Fsp3) is 0.167. The maximum atomic E-state index is 10.4. The molecule has 0 aliphatic heterocycles. The van der Waals surface area contributed by atoms with Gasteiger partial charge in [-0.2, -0.15) is 4.98 Å². The summed E-state index contributed by atoms with van der Waals surface area (Å²) in [5.41, 5.74) is 7.93. The molecule has 2 aromatic rings. The van der Waals surface area contributed by atoms with Crippen molar-refractivity contribution in [1.29, 1.82) is 0 Å². The summed E-state index contributed by atoms with van der Waals surface area (Å²) in [4.78, 5) is 14.4. The third-order valence-electron chi connectivity index (χ3n) is 2.40. The predicted molar refractivity (Wildman–Crippen MR) is 62.3 cm³/mol. The molecule has 88 valence electrons. The number of anilines is 1. The Labute approximate surface area is 97.9 Å². The van der Waals surface area contributed by atoms with Gasteiger partial charge in [0.2, 0.25) is 0 Å². The molecule has 0 unspecified atom stereocenters. The van der Waals surface area contributed by atoms with E-state index in [1.165, 1.54) is 6.26 Å². The zero-order chi connectivity index (χ0) is 12.3. The van der Waals surface area contributed by atoms with Crippen LogP contribution in [0.25, 0.3) is 11.3 Å². The molecule has 0 fully saturated rings. The van der Waals surface area contributed by atoms with Crippen LogP contribution in [0.2, 0.25) is 0 Å². The van der Waals surface area contributed by atoms with Gasteiger partial charge in [0.05, 0.1) is 0 Å². The molecule has 0 atom stereocenters. The maximum Gasteiger partial charge on any atom is 0.303 e. The number of oxazole rings is 1. The first-order valence-corrected chi connectivity index (χ1v) is 5.17. The van der Waals surface area contributed by atoms with Crippen LogP contribution >= 0.6 is 0 Å². The lowest BCUT2D eigenvalue weighted by molar-refractivity contribution is -0.136. The molecule has 0 saturated heterocycles. The van der Waals surface area contributed by atoms with Gasteiger partial charge in [-0.15, -0.1) is 0 Å². The molecule has 5 nitrogen and oxygen atoms in total. The van der Waals surface area contributed by atoms with Crippen molar-refractivity contribution in [2.24, 2.45) is 0 Å². The molecule has 0 saturated carbocycles. The first-order valence-electron chi connectivity index (χ1n) is 5.17. The zero-order valence-corrected chi connectivity index (χ0v) is 9.09. The fourth-order valence-corrected chi connectivity index (χ4v) is 1.51. The summed E-state index contributed by atoms with van der Waals surface area (Å²) in [6.07, 6.45) is 2.15. The minimum Gasteiger partial charge on any atom is -0.481 e. The van der Waals surface area contributed by atoms with Crippen LogP contribution < -0.4 is 5.73 Å². The van der Waals surface area contributed by atoms with E-state index in [0.29, 0.717) is 12.1 Å². The Morgan fingerprint density at radius 2 is 2.06 bits per heavy atom. The van der Waals surface area contributed by atoms with Crippen molar-refractivity contribution in [3.63, 3.8) is 0 Å². The van der Waals surface area contributed by atoms with Crippen molar-refractivity contribution in [2.75, 3.05) is 5.73 Å². The molecule has 0 bridgehead atoms. The summed E-state index contributed by atoms with van der Waals surface area (Å²) in [7, 11) is 0. The number of aliphatic carboxylic acids is 1. The Bertz CT molecular complexity index is 517. The molecule has 0 aliphatic rings. The number of carbonyl (C=O) groups is 1. The number of aryl methyl sites for hydroxylation is 1. The number of hydrogen-bond donors (Lipinski definition) is 2. The van der Waals surface area contributed by atoms with E-state index in [1.807, 2.05) is 24.3 Å². The number of hydrogen-bond acceptors (Lipinski definition) is 4. The summed E-state index contributed by atoms with van der Waals surface area (Å²) in [6.45, 7) is 0. The first kappa shape index (κ1) is 11.2. The van der Waals surface area contributed by atoms with E-state index >= 15 is 0 Å². The van der Waals surface area contributed by atoms with Gasteiger partial charge in [0.15, 0.2) is 0 Å². The van der Waals surface area contributed by atoms with Crippen LogP contribution in [0.3, 0.4) is 0 Å². The molecule has 5 heteroatoms. The summed E-state index contributed by atoms with van der Waals surface area (Å²) < 4.78 is 4.92. The Morgan fingerprint density at radius 1 is 1.35 bits per heavy atom. The van der Waals surface area contributed by atoms with Crippen LogP contribution in [0, 0.1) is 0 Å². The third kappa shape index (κ3) is 2.84. The number of nitrogens with zero attached hydrogens (tertiary/aromatic N) is 1. The fourth-order valence-electron chi connectivity index (χ4n) is 1.51. The second-order valence-electron chi connectivity index (χ2n) is 3.66. The van der Waals surface area contributed by atoms with E-state index in [-0.39, 0.29) is 12.4 Å². The lowest BCUT2D eigenvalue weighted by Crippen LogP contribution is -1.97. The molecule has 1 aromatic carbocycles. The predicted octanol–water partition coefficient (Wildman–Crippen LogP) is 1.94.